The number of aryl methyl sites for hydroxylation is 3. The Morgan fingerprint density at radius 1 is 0.857 bits per heavy atom. The van der Waals surface area contributed by atoms with Crippen molar-refractivity contribution >= 4 is 23.2 Å². The summed E-state index contributed by atoms with van der Waals surface area (Å²) >= 11 is 0. The van der Waals surface area contributed by atoms with E-state index in [1.807, 2.05) is 26.8 Å². The first kappa shape index (κ1) is 13.4. The molecule has 1 aliphatic rings. The van der Waals surface area contributed by atoms with E-state index < -0.39 is 0 Å². The van der Waals surface area contributed by atoms with Gasteiger partial charge in [0.05, 0.1) is 22.5 Å². The molecule has 21 heavy (non-hydrogen) atoms. The molecule has 0 saturated carbocycles. The van der Waals surface area contributed by atoms with Gasteiger partial charge in [-0.1, -0.05) is 11.6 Å². The van der Waals surface area contributed by atoms with E-state index in [-0.39, 0.29) is 11.8 Å². The monoisotopic (exact) mass is 280 g/mol. The largest absolute Gasteiger partial charge is 0.397 e. The maximum atomic E-state index is 12.6. The fourth-order valence-corrected chi connectivity index (χ4v) is 2.59. The second kappa shape index (κ2) is 4.45. The zero-order valence-corrected chi connectivity index (χ0v) is 12.2. The Kier molecular flexibility index (Phi) is 2.83. The highest BCUT2D eigenvalue weighted by atomic mass is 16.2. The summed E-state index contributed by atoms with van der Waals surface area (Å²) in [7, 11) is 0. The minimum atomic E-state index is -0.315. The van der Waals surface area contributed by atoms with Crippen molar-refractivity contribution in [2.24, 2.45) is 0 Å². The Hall–Kier alpha value is -2.62. The van der Waals surface area contributed by atoms with Crippen LogP contribution in [0, 0.1) is 20.8 Å². The number of imide groups is 1. The van der Waals surface area contributed by atoms with Gasteiger partial charge in [-0.25, -0.2) is 4.90 Å². The van der Waals surface area contributed by atoms with Gasteiger partial charge in [0.25, 0.3) is 11.8 Å². The van der Waals surface area contributed by atoms with Crippen LogP contribution in [0.15, 0.2) is 30.3 Å². The highest BCUT2D eigenvalue weighted by molar-refractivity contribution is 6.35. The van der Waals surface area contributed by atoms with Crippen LogP contribution in [0.1, 0.15) is 37.4 Å². The molecule has 1 heterocycles. The number of carbonyl (C=O) groups excluding carboxylic acids is 2. The Morgan fingerprint density at radius 3 is 2.19 bits per heavy atom. The average molecular weight is 280 g/mol. The van der Waals surface area contributed by atoms with Gasteiger partial charge in [-0.3, -0.25) is 9.59 Å². The molecule has 0 radical (unpaired) electrons. The lowest BCUT2D eigenvalue weighted by Gasteiger charge is -2.18. The fraction of sp³-hybridized carbons (Fsp3) is 0.176. The molecule has 4 heteroatoms. The van der Waals surface area contributed by atoms with E-state index in [0.29, 0.717) is 22.5 Å². The summed E-state index contributed by atoms with van der Waals surface area (Å²) in [5.41, 5.74) is 10.8. The molecule has 0 atom stereocenters. The van der Waals surface area contributed by atoms with Gasteiger partial charge in [0.15, 0.2) is 0 Å². The van der Waals surface area contributed by atoms with Crippen molar-refractivity contribution < 1.29 is 9.59 Å². The van der Waals surface area contributed by atoms with Crippen molar-refractivity contribution in [3.8, 4) is 0 Å². The lowest BCUT2D eigenvalue weighted by Crippen LogP contribution is -2.30. The molecule has 3 rings (SSSR count). The maximum Gasteiger partial charge on any atom is 0.266 e. The average Bonchev–Trinajstić information content (AvgIpc) is 2.66. The van der Waals surface area contributed by atoms with Gasteiger partial charge in [0, 0.05) is 0 Å². The summed E-state index contributed by atoms with van der Waals surface area (Å²) < 4.78 is 0. The van der Waals surface area contributed by atoms with E-state index in [0.717, 1.165) is 16.7 Å². The molecule has 1 aliphatic heterocycles. The van der Waals surface area contributed by atoms with E-state index in [1.54, 1.807) is 24.3 Å². The van der Waals surface area contributed by atoms with Crippen molar-refractivity contribution in [3.63, 3.8) is 0 Å². The Morgan fingerprint density at radius 2 is 1.48 bits per heavy atom. The molecule has 2 aromatic carbocycles. The summed E-state index contributed by atoms with van der Waals surface area (Å²) in [6.45, 7) is 5.77. The third kappa shape index (κ3) is 1.91. The maximum absolute atomic E-state index is 12.6. The van der Waals surface area contributed by atoms with Gasteiger partial charge in [-0.15, -0.1) is 0 Å². The Bertz CT molecular complexity index is 794. The van der Waals surface area contributed by atoms with Gasteiger partial charge in [0.1, 0.15) is 0 Å². The molecule has 106 valence electrons. The van der Waals surface area contributed by atoms with Crippen molar-refractivity contribution in [1.82, 2.24) is 0 Å². The van der Waals surface area contributed by atoms with E-state index >= 15 is 0 Å². The Labute approximate surface area is 123 Å². The minimum absolute atomic E-state index is 0.311. The molecule has 0 saturated heterocycles. The van der Waals surface area contributed by atoms with Gasteiger partial charge in [-0.2, -0.15) is 0 Å². The smallest absolute Gasteiger partial charge is 0.266 e. The number of nitrogen functional groups attached to an aromatic ring is 1. The molecular formula is C17H16N2O2. The van der Waals surface area contributed by atoms with Crippen LogP contribution in [0.2, 0.25) is 0 Å². The summed E-state index contributed by atoms with van der Waals surface area (Å²) in [5, 5.41) is 0. The number of fused-ring (bicyclic) bond motifs is 1. The summed E-state index contributed by atoms with van der Waals surface area (Å²) in [6, 6.07) is 8.85. The third-order valence-corrected chi connectivity index (χ3v) is 3.93. The van der Waals surface area contributed by atoms with Crippen LogP contribution in [0.4, 0.5) is 11.4 Å². The van der Waals surface area contributed by atoms with Crippen LogP contribution in [0.5, 0.6) is 0 Å². The highest BCUT2D eigenvalue weighted by Gasteiger charge is 2.37. The zero-order chi connectivity index (χ0) is 15.3. The molecular weight excluding hydrogens is 264 g/mol. The van der Waals surface area contributed by atoms with Crippen LogP contribution in [0.25, 0.3) is 0 Å². The van der Waals surface area contributed by atoms with Gasteiger partial charge < -0.3 is 5.73 Å². The number of rotatable bonds is 1. The number of anilines is 2. The lowest BCUT2D eigenvalue weighted by atomic mass is 10.1. The molecule has 0 spiro atoms. The van der Waals surface area contributed by atoms with Gasteiger partial charge in [0.2, 0.25) is 0 Å². The standard InChI is InChI=1S/C17H16N2O2/c1-9-4-5-12-13(6-9)17(21)19(16(12)20)15-8-11(3)10(2)7-14(15)18/h4-8H,18H2,1-3H3. The van der Waals surface area contributed by atoms with Crippen LogP contribution < -0.4 is 10.6 Å². The Balaban J connectivity index is 2.16. The van der Waals surface area contributed by atoms with Crippen LogP contribution in [-0.4, -0.2) is 11.8 Å². The number of hydrogen-bond donors (Lipinski definition) is 1. The fourth-order valence-electron chi connectivity index (χ4n) is 2.59. The predicted molar refractivity (Wildman–Crippen MR) is 82.6 cm³/mol. The first-order valence-corrected chi connectivity index (χ1v) is 6.76. The quantitative estimate of drug-likeness (QED) is 0.645. The first-order valence-electron chi connectivity index (χ1n) is 6.76. The van der Waals surface area contributed by atoms with E-state index in [9.17, 15) is 9.59 Å². The van der Waals surface area contributed by atoms with Crippen LogP contribution in [0.3, 0.4) is 0 Å². The normalized spacial score (nSPS) is 13.8. The van der Waals surface area contributed by atoms with Gasteiger partial charge in [-0.05, 0) is 56.2 Å². The molecule has 2 aromatic rings. The topological polar surface area (TPSA) is 63.4 Å². The van der Waals surface area contributed by atoms with Crippen LogP contribution >= 0.6 is 0 Å². The van der Waals surface area contributed by atoms with Crippen LogP contribution in [-0.2, 0) is 0 Å². The van der Waals surface area contributed by atoms with Crippen molar-refractivity contribution in [2.75, 3.05) is 10.6 Å². The third-order valence-electron chi connectivity index (χ3n) is 3.93. The number of benzene rings is 2. The van der Waals surface area contributed by atoms with Crippen molar-refractivity contribution in [3.05, 3.63) is 58.1 Å². The van der Waals surface area contributed by atoms with E-state index in [4.69, 9.17) is 5.73 Å². The van der Waals surface area contributed by atoms with Crippen molar-refractivity contribution in [2.45, 2.75) is 20.8 Å². The number of nitrogens with zero attached hydrogens (tertiary/aromatic N) is 1. The number of carbonyl (C=O) groups is 2. The summed E-state index contributed by atoms with van der Waals surface area (Å²) in [4.78, 5) is 26.2. The van der Waals surface area contributed by atoms with E-state index in [1.165, 1.54) is 4.90 Å². The first-order chi connectivity index (χ1) is 9.90. The van der Waals surface area contributed by atoms with E-state index in [2.05, 4.69) is 0 Å². The highest BCUT2D eigenvalue weighted by Crippen LogP contribution is 2.34. The SMILES string of the molecule is Cc1ccc2c(c1)C(=O)N(c1cc(C)c(C)cc1N)C2=O. The summed E-state index contributed by atoms with van der Waals surface area (Å²) in [6.07, 6.45) is 0. The molecule has 0 unspecified atom stereocenters. The van der Waals surface area contributed by atoms with Gasteiger partial charge >= 0.3 is 0 Å². The molecule has 0 aliphatic carbocycles. The molecule has 0 aromatic heterocycles. The minimum Gasteiger partial charge on any atom is -0.397 e. The second-order valence-corrected chi connectivity index (χ2v) is 5.49. The van der Waals surface area contributed by atoms with Crippen molar-refractivity contribution in [1.29, 1.82) is 0 Å². The molecule has 2 amide bonds. The number of amides is 2. The summed E-state index contributed by atoms with van der Waals surface area (Å²) in [5.74, 6) is -0.626. The second-order valence-electron chi connectivity index (χ2n) is 5.49. The molecule has 4 nitrogen and oxygen atoms in total. The molecule has 0 bridgehead atoms. The number of hydrogen-bond acceptors (Lipinski definition) is 3. The predicted octanol–water partition coefficient (Wildman–Crippen LogP) is 2.99. The lowest BCUT2D eigenvalue weighted by molar-refractivity contribution is 0.0926. The molecule has 0 fully saturated rings. The number of nitrogens with two attached hydrogens (primary N) is 1. The molecule has 2 N–H and O–H groups in total. The zero-order valence-electron chi connectivity index (χ0n) is 12.2.